The minimum atomic E-state index is -0.0700. The van der Waals surface area contributed by atoms with Gasteiger partial charge in [-0.1, -0.05) is 0 Å². The third kappa shape index (κ3) is 5.67. The maximum absolute atomic E-state index is 6.66. The number of aliphatic imine (C=N–C) groups is 1. The average Bonchev–Trinajstić information content (AvgIpc) is 1.27. The zero-order valence-corrected chi connectivity index (χ0v) is 5.64. The van der Waals surface area contributed by atoms with Gasteiger partial charge in [0, 0.05) is 22.6 Å². The number of rotatable bonds is 0. The van der Waals surface area contributed by atoms with Crippen LogP contribution in [-0.2, 0) is 0 Å². The van der Waals surface area contributed by atoms with Gasteiger partial charge >= 0.3 is 0 Å². The molecule has 0 aliphatic carbocycles. The molecule has 0 atom stereocenters. The van der Waals surface area contributed by atoms with Crippen molar-refractivity contribution in [3.63, 3.8) is 0 Å². The molecule has 4 nitrogen and oxygen atoms in total. The van der Waals surface area contributed by atoms with Crippen molar-refractivity contribution in [3.05, 3.63) is 0 Å². The van der Waals surface area contributed by atoms with E-state index in [0.29, 0.717) is 0 Å². The Morgan fingerprint density at radius 2 is 2.00 bits per heavy atom. The lowest BCUT2D eigenvalue weighted by atomic mass is 11.0. The van der Waals surface area contributed by atoms with Crippen molar-refractivity contribution in [2.45, 2.75) is 0 Å². The van der Waals surface area contributed by atoms with Gasteiger partial charge in [0.2, 0.25) is 0 Å². The van der Waals surface area contributed by atoms with E-state index in [1.165, 1.54) is 0 Å². The van der Waals surface area contributed by atoms with E-state index in [9.17, 15) is 0 Å². The van der Waals surface area contributed by atoms with E-state index in [1.54, 1.807) is 22.6 Å². The van der Waals surface area contributed by atoms with Crippen molar-refractivity contribution in [1.29, 1.82) is 5.41 Å². The maximum Gasteiger partial charge on any atom is 0.193 e. The number of guanidine groups is 1. The molecule has 0 saturated carbocycles. The minimum absolute atomic E-state index is 0.0700. The van der Waals surface area contributed by atoms with Gasteiger partial charge in [-0.05, 0) is 0 Å². The number of hydrogen-bond acceptors (Lipinski definition) is 1. The highest BCUT2D eigenvalue weighted by molar-refractivity contribution is 14.1. The number of amidine groups is 1. The fourth-order valence-corrected chi connectivity index (χ4v) is 0.392. The monoisotopic (exact) mass is 212 g/mol. The van der Waals surface area contributed by atoms with Gasteiger partial charge in [-0.15, -0.1) is 0 Å². The van der Waals surface area contributed by atoms with Crippen LogP contribution in [-0.4, -0.2) is 9.80 Å². The van der Waals surface area contributed by atoms with E-state index in [2.05, 4.69) is 4.99 Å². The minimum Gasteiger partial charge on any atom is -0.370 e. The molecule has 0 spiro atoms. The first-order valence-electron chi connectivity index (χ1n) is 1.46. The fourth-order valence-electron chi connectivity index (χ4n) is 0.113. The molecule has 40 valence electrons. The van der Waals surface area contributed by atoms with Crippen molar-refractivity contribution in [2.24, 2.45) is 16.5 Å². The number of nitrogens with zero attached hydrogens (tertiary/aromatic N) is 1. The van der Waals surface area contributed by atoms with Crippen LogP contribution in [0.15, 0.2) is 4.99 Å². The average molecular weight is 212 g/mol. The standard InChI is InChI=1S/C2H5IN4/c3-1(4)7-2(5)6/h(H5,4,5,6,7). The summed E-state index contributed by atoms with van der Waals surface area (Å²) in [6.07, 6.45) is 0. The number of nitrogens with two attached hydrogens (primary N) is 2. The lowest BCUT2D eigenvalue weighted by molar-refractivity contribution is 1.45. The molecule has 0 unspecified atom stereocenters. The molecule has 0 bridgehead atoms. The molecule has 0 aliphatic heterocycles. The Hall–Kier alpha value is -0.330. The molecule has 0 amide bonds. The van der Waals surface area contributed by atoms with Gasteiger partial charge in [0.1, 0.15) is 0 Å². The Morgan fingerprint density at radius 3 is 2.00 bits per heavy atom. The summed E-state index contributed by atoms with van der Waals surface area (Å²) in [5.41, 5.74) is 9.75. The summed E-state index contributed by atoms with van der Waals surface area (Å²) < 4.78 is 0.0950. The van der Waals surface area contributed by atoms with Crippen molar-refractivity contribution in [2.75, 3.05) is 0 Å². The van der Waals surface area contributed by atoms with Crippen molar-refractivity contribution in [1.82, 2.24) is 0 Å². The van der Waals surface area contributed by atoms with E-state index in [1.807, 2.05) is 0 Å². The lowest BCUT2D eigenvalue weighted by Gasteiger charge is -1.83. The normalized spacial score (nSPS) is 7.57. The van der Waals surface area contributed by atoms with Crippen LogP contribution in [0.1, 0.15) is 0 Å². The lowest BCUT2D eigenvalue weighted by Crippen LogP contribution is -2.23. The first kappa shape index (κ1) is 6.67. The Kier molecular flexibility index (Phi) is 2.65. The Bertz CT molecular complexity index is 102. The summed E-state index contributed by atoms with van der Waals surface area (Å²) in [7, 11) is 0. The van der Waals surface area contributed by atoms with Gasteiger partial charge in [-0.3, -0.25) is 5.41 Å². The third-order valence-corrected chi connectivity index (χ3v) is 0.468. The molecule has 5 heteroatoms. The number of halogens is 1. The van der Waals surface area contributed by atoms with E-state index in [0.717, 1.165) is 0 Å². The van der Waals surface area contributed by atoms with E-state index in [-0.39, 0.29) is 9.80 Å². The summed E-state index contributed by atoms with van der Waals surface area (Å²) in [6.45, 7) is 0. The molecular formula is C2H5IN4. The fraction of sp³-hybridized carbons (Fsp3) is 0. The van der Waals surface area contributed by atoms with Crippen molar-refractivity contribution < 1.29 is 0 Å². The summed E-state index contributed by atoms with van der Waals surface area (Å²) >= 11 is 1.69. The Morgan fingerprint density at radius 1 is 1.57 bits per heavy atom. The molecule has 0 aromatic rings. The molecular weight excluding hydrogens is 207 g/mol. The van der Waals surface area contributed by atoms with E-state index < -0.39 is 0 Å². The summed E-state index contributed by atoms with van der Waals surface area (Å²) in [5, 5.41) is 6.66. The molecule has 0 heterocycles. The highest BCUT2D eigenvalue weighted by Crippen LogP contribution is 1.84. The molecule has 5 N–H and O–H groups in total. The van der Waals surface area contributed by atoms with Crippen LogP contribution in [0.4, 0.5) is 0 Å². The topological polar surface area (TPSA) is 88.2 Å². The van der Waals surface area contributed by atoms with Gasteiger partial charge in [0.05, 0.1) is 0 Å². The van der Waals surface area contributed by atoms with Crippen molar-refractivity contribution >= 4 is 32.4 Å². The Balaban J connectivity index is 3.68. The Labute approximate surface area is 54.6 Å². The predicted octanol–water partition coefficient (Wildman–Crippen LogP) is -0.370. The largest absolute Gasteiger partial charge is 0.370 e. The molecule has 0 fully saturated rings. The second kappa shape index (κ2) is 2.78. The van der Waals surface area contributed by atoms with Crippen LogP contribution in [0.25, 0.3) is 0 Å². The van der Waals surface area contributed by atoms with Gasteiger partial charge in [0.15, 0.2) is 9.80 Å². The molecule has 0 aromatic carbocycles. The van der Waals surface area contributed by atoms with Crippen LogP contribution in [0.3, 0.4) is 0 Å². The highest BCUT2D eigenvalue weighted by Gasteiger charge is 1.80. The summed E-state index contributed by atoms with van der Waals surface area (Å²) in [5.74, 6) is -0.0700. The van der Waals surface area contributed by atoms with Gasteiger partial charge in [0.25, 0.3) is 0 Å². The van der Waals surface area contributed by atoms with Crippen molar-refractivity contribution in [3.8, 4) is 0 Å². The molecule has 0 aliphatic rings. The SMILES string of the molecule is N=C(I)N=C(N)N. The highest BCUT2D eigenvalue weighted by atomic mass is 127. The number of hydrogen-bond donors (Lipinski definition) is 3. The van der Waals surface area contributed by atoms with Crippen LogP contribution < -0.4 is 11.5 Å². The second-order valence-corrected chi connectivity index (χ2v) is 1.85. The van der Waals surface area contributed by atoms with Crippen LogP contribution >= 0.6 is 22.6 Å². The second-order valence-electron chi connectivity index (χ2n) is 0.827. The zero-order chi connectivity index (χ0) is 5.86. The van der Waals surface area contributed by atoms with E-state index >= 15 is 0 Å². The molecule has 7 heavy (non-hydrogen) atoms. The first-order chi connectivity index (χ1) is 3.13. The maximum atomic E-state index is 6.66. The summed E-state index contributed by atoms with van der Waals surface area (Å²) in [4.78, 5) is 3.32. The smallest absolute Gasteiger partial charge is 0.193 e. The first-order valence-corrected chi connectivity index (χ1v) is 2.54. The molecule has 0 saturated heterocycles. The third-order valence-electron chi connectivity index (χ3n) is 0.227. The van der Waals surface area contributed by atoms with Crippen LogP contribution in [0, 0.1) is 5.41 Å². The molecule has 0 aromatic heterocycles. The van der Waals surface area contributed by atoms with Crippen LogP contribution in [0.2, 0.25) is 0 Å². The van der Waals surface area contributed by atoms with Gasteiger partial charge in [-0.25, -0.2) is 0 Å². The summed E-state index contributed by atoms with van der Waals surface area (Å²) in [6, 6.07) is 0. The number of nitrogens with one attached hydrogen (secondary N) is 1. The molecule has 0 rings (SSSR count). The van der Waals surface area contributed by atoms with E-state index in [4.69, 9.17) is 16.9 Å². The quantitative estimate of drug-likeness (QED) is 0.221. The predicted molar refractivity (Wildman–Crippen MR) is 37.6 cm³/mol. The van der Waals surface area contributed by atoms with Gasteiger partial charge in [-0.2, -0.15) is 4.99 Å². The molecule has 0 radical (unpaired) electrons. The van der Waals surface area contributed by atoms with Gasteiger partial charge < -0.3 is 11.5 Å². The zero-order valence-electron chi connectivity index (χ0n) is 3.48. The van der Waals surface area contributed by atoms with Crippen LogP contribution in [0.5, 0.6) is 0 Å².